The lowest BCUT2D eigenvalue weighted by molar-refractivity contribution is -0.124. The van der Waals surface area contributed by atoms with Crippen LogP contribution in [0, 0.1) is 5.92 Å². The van der Waals surface area contributed by atoms with Crippen LogP contribution in [0.15, 0.2) is 0 Å². The van der Waals surface area contributed by atoms with Crippen LogP contribution in [-0.4, -0.2) is 16.6 Å². The number of nitrogens with one attached hydrogen (secondary N) is 2. The van der Waals surface area contributed by atoms with E-state index in [-0.39, 0.29) is 11.4 Å². The van der Waals surface area contributed by atoms with Crippen LogP contribution in [0.1, 0.15) is 51.9 Å². The first-order valence-corrected chi connectivity index (χ1v) is 6.71. The van der Waals surface area contributed by atoms with E-state index in [9.17, 15) is 4.79 Å². The number of thiocarbonyl (C=S) groups is 1. The zero-order valence-electron chi connectivity index (χ0n) is 9.84. The van der Waals surface area contributed by atoms with Gasteiger partial charge in [0, 0.05) is 0 Å². The number of carbonyl (C=O) groups is 1. The topological polar surface area (TPSA) is 41.1 Å². The Labute approximate surface area is 102 Å². The van der Waals surface area contributed by atoms with Gasteiger partial charge in [0.05, 0.1) is 0 Å². The minimum Gasteiger partial charge on any atom is -0.348 e. The number of carbonyl (C=O) groups excluding carboxylic acids is 1. The van der Waals surface area contributed by atoms with Crippen molar-refractivity contribution in [2.24, 2.45) is 5.92 Å². The zero-order chi connectivity index (χ0) is 11.6. The molecule has 2 aliphatic rings. The Hall–Kier alpha value is -0.640. The van der Waals surface area contributed by atoms with Crippen molar-refractivity contribution in [1.82, 2.24) is 10.6 Å². The van der Waals surface area contributed by atoms with Gasteiger partial charge in [0.2, 0.25) is 0 Å². The molecule has 0 aromatic heterocycles. The molecule has 4 heteroatoms. The second-order valence-electron chi connectivity index (χ2n) is 5.08. The molecule has 0 bridgehead atoms. The second-order valence-corrected chi connectivity index (χ2v) is 5.48. The summed E-state index contributed by atoms with van der Waals surface area (Å²) in [6.45, 7) is 2.23. The van der Waals surface area contributed by atoms with Gasteiger partial charge in [-0.3, -0.25) is 4.79 Å². The van der Waals surface area contributed by atoms with Crippen molar-refractivity contribution in [3.63, 3.8) is 0 Å². The van der Waals surface area contributed by atoms with Crippen LogP contribution in [0.25, 0.3) is 0 Å². The minimum atomic E-state index is -0.375. The van der Waals surface area contributed by atoms with Gasteiger partial charge in [-0.05, 0) is 37.4 Å². The molecule has 1 aliphatic carbocycles. The van der Waals surface area contributed by atoms with Crippen LogP contribution in [0.5, 0.6) is 0 Å². The number of amides is 1. The molecule has 1 heterocycles. The molecule has 2 fully saturated rings. The minimum absolute atomic E-state index is 0.0923. The van der Waals surface area contributed by atoms with E-state index in [4.69, 9.17) is 12.2 Å². The van der Waals surface area contributed by atoms with Crippen molar-refractivity contribution in [2.75, 3.05) is 0 Å². The summed E-state index contributed by atoms with van der Waals surface area (Å²) < 4.78 is 0. The van der Waals surface area contributed by atoms with E-state index in [0.29, 0.717) is 5.11 Å². The number of hydrogen-bond acceptors (Lipinski definition) is 2. The van der Waals surface area contributed by atoms with E-state index in [1.165, 1.54) is 19.3 Å². The fourth-order valence-electron chi connectivity index (χ4n) is 2.99. The standard InChI is InChI=1S/C12H20N2OS/c1-2-4-9-5-3-7-12(8-6-9)10(15)13-11(16)14-12/h9H,2-8H2,1H3,(H2,13,14,15,16). The van der Waals surface area contributed by atoms with E-state index in [0.717, 1.165) is 31.6 Å². The third-order valence-corrected chi connectivity index (χ3v) is 4.11. The molecule has 0 aromatic rings. The molecular weight excluding hydrogens is 220 g/mol. The Morgan fingerprint density at radius 3 is 2.88 bits per heavy atom. The summed E-state index contributed by atoms with van der Waals surface area (Å²) in [4.78, 5) is 11.9. The molecule has 1 saturated heterocycles. The van der Waals surface area contributed by atoms with Gasteiger partial charge in [-0.2, -0.15) is 0 Å². The van der Waals surface area contributed by atoms with E-state index >= 15 is 0 Å². The lowest BCUT2D eigenvalue weighted by Crippen LogP contribution is -2.46. The Bertz CT molecular complexity index is 305. The highest BCUT2D eigenvalue weighted by Crippen LogP contribution is 2.34. The normalized spacial score (nSPS) is 34.7. The highest BCUT2D eigenvalue weighted by Gasteiger charge is 2.44. The van der Waals surface area contributed by atoms with Crippen molar-refractivity contribution in [1.29, 1.82) is 0 Å². The molecule has 1 saturated carbocycles. The highest BCUT2D eigenvalue weighted by atomic mass is 32.1. The van der Waals surface area contributed by atoms with Gasteiger partial charge in [-0.25, -0.2) is 0 Å². The molecule has 16 heavy (non-hydrogen) atoms. The number of rotatable bonds is 2. The average molecular weight is 240 g/mol. The highest BCUT2D eigenvalue weighted by molar-refractivity contribution is 7.80. The molecule has 2 rings (SSSR count). The molecular formula is C12H20N2OS. The maximum atomic E-state index is 11.9. The Kier molecular flexibility index (Phi) is 3.47. The fourth-order valence-corrected chi connectivity index (χ4v) is 3.28. The predicted molar refractivity (Wildman–Crippen MR) is 68.1 cm³/mol. The monoisotopic (exact) mass is 240 g/mol. The maximum absolute atomic E-state index is 11.9. The second kappa shape index (κ2) is 4.70. The number of hydrogen-bond donors (Lipinski definition) is 2. The summed E-state index contributed by atoms with van der Waals surface area (Å²) in [5, 5.41) is 6.44. The van der Waals surface area contributed by atoms with Gasteiger partial charge in [0.1, 0.15) is 5.54 Å². The predicted octanol–water partition coefficient (Wildman–Crippen LogP) is 2.11. The summed E-state index contributed by atoms with van der Waals surface area (Å²) >= 11 is 5.03. The van der Waals surface area contributed by atoms with E-state index in [1.54, 1.807) is 0 Å². The molecule has 90 valence electrons. The molecule has 2 unspecified atom stereocenters. The summed E-state index contributed by atoms with van der Waals surface area (Å²) in [5.74, 6) is 0.891. The van der Waals surface area contributed by atoms with Crippen molar-refractivity contribution in [2.45, 2.75) is 57.4 Å². The van der Waals surface area contributed by atoms with Crippen LogP contribution in [0.4, 0.5) is 0 Å². The smallest absolute Gasteiger partial charge is 0.251 e. The van der Waals surface area contributed by atoms with Gasteiger partial charge in [0.15, 0.2) is 5.11 Å². The SMILES string of the molecule is CCCC1CCCC2(CC1)NC(=S)NC2=O. The van der Waals surface area contributed by atoms with Gasteiger partial charge in [-0.1, -0.05) is 32.6 Å². The first-order valence-electron chi connectivity index (χ1n) is 6.30. The van der Waals surface area contributed by atoms with Gasteiger partial charge < -0.3 is 10.6 Å². The Balaban J connectivity index is 2.02. The molecule has 1 amide bonds. The first-order chi connectivity index (χ1) is 7.66. The average Bonchev–Trinajstić information content (AvgIpc) is 2.41. The van der Waals surface area contributed by atoms with Crippen LogP contribution in [-0.2, 0) is 4.79 Å². The fraction of sp³-hybridized carbons (Fsp3) is 0.833. The van der Waals surface area contributed by atoms with Crippen molar-refractivity contribution < 1.29 is 4.79 Å². The molecule has 0 radical (unpaired) electrons. The molecule has 1 spiro atoms. The molecule has 0 aromatic carbocycles. The van der Waals surface area contributed by atoms with Crippen LogP contribution >= 0.6 is 12.2 Å². The summed E-state index contributed by atoms with van der Waals surface area (Å²) in [7, 11) is 0. The van der Waals surface area contributed by atoms with Crippen LogP contribution < -0.4 is 10.6 Å². The summed E-state index contributed by atoms with van der Waals surface area (Å²) in [5.41, 5.74) is -0.375. The van der Waals surface area contributed by atoms with Crippen molar-refractivity contribution in [3.8, 4) is 0 Å². The third-order valence-electron chi connectivity index (χ3n) is 3.91. The lowest BCUT2D eigenvalue weighted by atomic mass is 9.89. The molecule has 3 nitrogen and oxygen atoms in total. The van der Waals surface area contributed by atoms with Gasteiger partial charge >= 0.3 is 0 Å². The van der Waals surface area contributed by atoms with Gasteiger partial charge in [0.25, 0.3) is 5.91 Å². The van der Waals surface area contributed by atoms with Crippen LogP contribution in [0.2, 0.25) is 0 Å². The molecule has 2 N–H and O–H groups in total. The Morgan fingerprint density at radius 2 is 2.25 bits per heavy atom. The van der Waals surface area contributed by atoms with E-state index in [2.05, 4.69) is 17.6 Å². The summed E-state index contributed by atoms with van der Waals surface area (Å²) in [6.07, 6.45) is 7.95. The quantitative estimate of drug-likeness (QED) is 0.726. The summed E-state index contributed by atoms with van der Waals surface area (Å²) in [6, 6.07) is 0. The van der Waals surface area contributed by atoms with Crippen molar-refractivity contribution in [3.05, 3.63) is 0 Å². The van der Waals surface area contributed by atoms with Crippen LogP contribution in [0.3, 0.4) is 0 Å². The zero-order valence-corrected chi connectivity index (χ0v) is 10.7. The molecule has 2 atom stereocenters. The lowest BCUT2D eigenvalue weighted by Gasteiger charge is -2.24. The van der Waals surface area contributed by atoms with E-state index < -0.39 is 0 Å². The molecule has 1 aliphatic heterocycles. The third kappa shape index (κ3) is 2.21. The first kappa shape index (κ1) is 11.8. The Morgan fingerprint density at radius 1 is 1.44 bits per heavy atom. The largest absolute Gasteiger partial charge is 0.348 e. The maximum Gasteiger partial charge on any atom is 0.251 e. The van der Waals surface area contributed by atoms with E-state index in [1.807, 2.05) is 0 Å². The van der Waals surface area contributed by atoms with Gasteiger partial charge in [-0.15, -0.1) is 0 Å². The van der Waals surface area contributed by atoms with Crippen molar-refractivity contribution >= 4 is 23.2 Å².